The van der Waals surface area contributed by atoms with Crippen LogP contribution in [0.5, 0.6) is 0 Å². The van der Waals surface area contributed by atoms with E-state index in [-0.39, 0.29) is 23.9 Å². The van der Waals surface area contributed by atoms with Crippen LogP contribution < -0.4 is 5.73 Å². The summed E-state index contributed by atoms with van der Waals surface area (Å²) in [4.78, 5) is 13.9. The van der Waals surface area contributed by atoms with Crippen LogP contribution in [-0.4, -0.2) is 29.4 Å². The zero-order valence-electron chi connectivity index (χ0n) is 9.49. The smallest absolute Gasteiger partial charge is 0.225 e. The topological polar surface area (TPSA) is 46.3 Å². The fourth-order valence-electron chi connectivity index (χ4n) is 1.94. The minimum atomic E-state index is 0.141. The Hall–Kier alpha value is -0.570. The molecule has 14 heavy (non-hydrogen) atoms. The molecular weight excluding hydrogens is 176 g/mol. The molecule has 0 aromatic carbocycles. The number of likely N-dealkylation sites (tertiary alicyclic amines) is 1. The molecule has 0 radical (unpaired) electrons. The van der Waals surface area contributed by atoms with Crippen LogP contribution in [0.15, 0.2) is 0 Å². The van der Waals surface area contributed by atoms with Crippen LogP contribution >= 0.6 is 0 Å². The van der Waals surface area contributed by atoms with Gasteiger partial charge >= 0.3 is 0 Å². The number of nitrogens with two attached hydrogens (primary N) is 1. The zero-order chi connectivity index (χ0) is 10.7. The van der Waals surface area contributed by atoms with Gasteiger partial charge in [-0.25, -0.2) is 0 Å². The van der Waals surface area contributed by atoms with Gasteiger partial charge in [-0.2, -0.15) is 0 Å². The molecule has 0 aromatic heterocycles. The second kappa shape index (κ2) is 4.78. The van der Waals surface area contributed by atoms with Gasteiger partial charge in [0, 0.05) is 24.5 Å². The summed E-state index contributed by atoms with van der Waals surface area (Å²) < 4.78 is 0. The summed E-state index contributed by atoms with van der Waals surface area (Å²) in [6.45, 7) is 6.99. The van der Waals surface area contributed by atoms with E-state index < -0.39 is 0 Å². The Morgan fingerprint density at radius 2 is 2.29 bits per heavy atom. The molecule has 1 aliphatic rings. The quantitative estimate of drug-likeness (QED) is 0.728. The average Bonchev–Trinajstić information content (AvgIpc) is 2.20. The number of piperidine rings is 1. The van der Waals surface area contributed by atoms with E-state index in [1.165, 1.54) is 0 Å². The number of amides is 1. The summed E-state index contributed by atoms with van der Waals surface area (Å²) in [5.74, 6) is 0.415. The van der Waals surface area contributed by atoms with E-state index in [1.54, 1.807) is 0 Å². The number of carbonyl (C=O) groups excluding carboxylic acids is 1. The molecule has 1 amide bonds. The first-order valence-electron chi connectivity index (χ1n) is 5.64. The van der Waals surface area contributed by atoms with Crippen molar-refractivity contribution in [2.24, 2.45) is 11.7 Å². The number of nitrogens with zero attached hydrogens (tertiary/aromatic N) is 1. The van der Waals surface area contributed by atoms with E-state index in [9.17, 15) is 4.79 Å². The highest BCUT2D eigenvalue weighted by Crippen LogP contribution is 2.19. The van der Waals surface area contributed by atoms with Crippen molar-refractivity contribution in [3.05, 3.63) is 0 Å². The second-order valence-electron chi connectivity index (χ2n) is 4.39. The molecule has 82 valence electrons. The van der Waals surface area contributed by atoms with E-state index in [0.717, 1.165) is 25.8 Å². The van der Waals surface area contributed by atoms with Crippen LogP contribution in [0.1, 0.15) is 40.0 Å². The Morgan fingerprint density at radius 3 is 2.86 bits per heavy atom. The van der Waals surface area contributed by atoms with E-state index >= 15 is 0 Å². The van der Waals surface area contributed by atoms with Gasteiger partial charge in [0.1, 0.15) is 0 Å². The van der Waals surface area contributed by atoms with Crippen LogP contribution in [0.4, 0.5) is 0 Å². The summed E-state index contributed by atoms with van der Waals surface area (Å²) in [5.41, 5.74) is 5.95. The van der Waals surface area contributed by atoms with Crippen molar-refractivity contribution in [1.29, 1.82) is 0 Å². The molecule has 3 unspecified atom stereocenters. The molecule has 1 heterocycles. The lowest BCUT2D eigenvalue weighted by Crippen LogP contribution is -2.53. The fraction of sp³-hybridized carbons (Fsp3) is 0.909. The molecule has 0 aromatic rings. The van der Waals surface area contributed by atoms with Crippen molar-refractivity contribution >= 4 is 5.91 Å². The van der Waals surface area contributed by atoms with Gasteiger partial charge in [-0.1, -0.05) is 13.8 Å². The molecule has 0 bridgehead atoms. The van der Waals surface area contributed by atoms with Crippen LogP contribution in [0.2, 0.25) is 0 Å². The van der Waals surface area contributed by atoms with Crippen molar-refractivity contribution in [2.45, 2.75) is 52.1 Å². The van der Waals surface area contributed by atoms with Gasteiger partial charge in [-0.3, -0.25) is 4.79 Å². The Morgan fingerprint density at radius 1 is 1.64 bits per heavy atom. The normalized spacial score (nSPS) is 30.1. The summed E-state index contributed by atoms with van der Waals surface area (Å²) in [6, 6.07) is 0.377. The first-order chi connectivity index (χ1) is 6.57. The Bertz CT molecular complexity index is 205. The van der Waals surface area contributed by atoms with Crippen LogP contribution in [0.25, 0.3) is 0 Å². The van der Waals surface area contributed by atoms with Gasteiger partial charge in [-0.15, -0.1) is 0 Å². The van der Waals surface area contributed by atoms with Crippen LogP contribution in [-0.2, 0) is 4.79 Å². The first-order valence-corrected chi connectivity index (χ1v) is 5.64. The third kappa shape index (κ3) is 2.27. The third-order valence-corrected chi connectivity index (χ3v) is 3.36. The average molecular weight is 198 g/mol. The maximum atomic E-state index is 12.0. The highest BCUT2D eigenvalue weighted by atomic mass is 16.2. The Labute approximate surface area is 86.6 Å². The molecule has 0 aliphatic carbocycles. The van der Waals surface area contributed by atoms with E-state index in [2.05, 4.69) is 13.8 Å². The molecule has 3 nitrogen and oxygen atoms in total. The van der Waals surface area contributed by atoms with Crippen LogP contribution in [0, 0.1) is 5.92 Å². The molecule has 1 aliphatic heterocycles. The van der Waals surface area contributed by atoms with Gasteiger partial charge in [0.2, 0.25) is 5.91 Å². The molecule has 3 atom stereocenters. The highest BCUT2D eigenvalue weighted by molar-refractivity contribution is 5.78. The van der Waals surface area contributed by atoms with Crippen molar-refractivity contribution in [1.82, 2.24) is 4.90 Å². The first kappa shape index (κ1) is 11.5. The van der Waals surface area contributed by atoms with Crippen molar-refractivity contribution in [3.8, 4) is 0 Å². The van der Waals surface area contributed by atoms with Crippen molar-refractivity contribution < 1.29 is 4.79 Å². The lowest BCUT2D eigenvalue weighted by molar-refractivity contribution is -0.138. The zero-order valence-corrected chi connectivity index (χ0v) is 9.49. The van der Waals surface area contributed by atoms with Crippen molar-refractivity contribution in [3.63, 3.8) is 0 Å². The second-order valence-corrected chi connectivity index (χ2v) is 4.39. The van der Waals surface area contributed by atoms with Crippen LogP contribution in [0.3, 0.4) is 0 Å². The largest absolute Gasteiger partial charge is 0.338 e. The highest BCUT2D eigenvalue weighted by Gasteiger charge is 2.30. The number of hydrogen-bond donors (Lipinski definition) is 1. The predicted molar refractivity (Wildman–Crippen MR) is 57.8 cm³/mol. The lowest BCUT2D eigenvalue weighted by Gasteiger charge is -2.39. The Balaban J connectivity index is 2.62. The number of carbonyl (C=O) groups is 1. The SMILES string of the molecule is CCC(C)C(=O)N1CCCC(N)C1C. The maximum Gasteiger partial charge on any atom is 0.225 e. The molecule has 0 saturated carbocycles. The van der Waals surface area contributed by atoms with Gasteiger partial charge < -0.3 is 10.6 Å². The monoisotopic (exact) mass is 198 g/mol. The minimum Gasteiger partial charge on any atom is -0.338 e. The summed E-state index contributed by atoms with van der Waals surface area (Å²) in [6.07, 6.45) is 3.01. The standard InChI is InChI=1S/C11H22N2O/c1-4-8(2)11(14)13-7-5-6-10(12)9(13)3/h8-10H,4-7,12H2,1-3H3. The lowest BCUT2D eigenvalue weighted by atomic mass is 9.96. The van der Waals surface area contributed by atoms with E-state index in [4.69, 9.17) is 5.73 Å². The Kier molecular flexibility index (Phi) is 3.93. The number of hydrogen-bond acceptors (Lipinski definition) is 2. The molecule has 1 fully saturated rings. The van der Waals surface area contributed by atoms with Gasteiger partial charge in [0.15, 0.2) is 0 Å². The van der Waals surface area contributed by atoms with Crippen molar-refractivity contribution in [2.75, 3.05) is 6.54 Å². The summed E-state index contributed by atoms with van der Waals surface area (Å²) in [5, 5.41) is 0. The van der Waals surface area contributed by atoms with Gasteiger partial charge in [0.05, 0.1) is 0 Å². The minimum absolute atomic E-state index is 0.141. The van der Waals surface area contributed by atoms with E-state index in [1.807, 2.05) is 11.8 Å². The van der Waals surface area contributed by atoms with Gasteiger partial charge in [-0.05, 0) is 26.2 Å². The predicted octanol–water partition coefficient (Wildman–Crippen LogP) is 1.37. The summed E-state index contributed by atoms with van der Waals surface area (Å²) in [7, 11) is 0. The third-order valence-electron chi connectivity index (χ3n) is 3.36. The van der Waals surface area contributed by atoms with E-state index in [0.29, 0.717) is 0 Å². The molecule has 2 N–H and O–H groups in total. The molecular formula is C11H22N2O. The molecule has 1 rings (SSSR count). The van der Waals surface area contributed by atoms with Gasteiger partial charge in [0.25, 0.3) is 0 Å². The molecule has 1 saturated heterocycles. The fourth-order valence-corrected chi connectivity index (χ4v) is 1.94. The molecule has 3 heteroatoms. The number of rotatable bonds is 2. The maximum absolute atomic E-state index is 12.0. The summed E-state index contributed by atoms with van der Waals surface area (Å²) >= 11 is 0. The molecule has 0 spiro atoms.